The van der Waals surface area contributed by atoms with Crippen molar-refractivity contribution in [2.45, 2.75) is 19.4 Å². The van der Waals surface area contributed by atoms with E-state index in [4.69, 9.17) is 0 Å². The van der Waals surface area contributed by atoms with Crippen LogP contribution in [0.25, 0.3) is 11.1 Å². The van der Waals surface area contributed by atoms with Crippen LogP contribution >= 0.6 is 0 Å². The number of unbranched alkanes of at least 4 members (excludes halogenated alkanes) is 1. The van der Waals surface area contributed by atoms with Crippen molar-refractivity contribution in [1.29, 1.82) is 0 Å². The van der Waals surface area contributed by atoms with Crippen molar-refractivity contribution < 1.29 is 9.59 Å². The summed E-state index contributed by atoms with van der Waals surface area (Å²) in [4.78, 5) is 33.5. The highest BCUT2D eigenvalue weighted by atomic mass is 16.2. The molecule has 1 aromatic heterocycles. The molecule has 0 atom stereocenters. The first kappa shape index (κ1) is 23.4. The molecule has 7 nitrogen and oxygen atoms in total. The third-order valence-electron chi connectivity index (χ3n) is 5.79. The Bertz CT molecular complexity index is 1130. The van der Waals surface area contributed by atoms with Crippen LogP contribution in [-0.2, 0) is 11.3 Å². The number of benzene rings is 2. The highest BCUT2D eigenvalue weighted by Gasteiger charge is 2.24. The predicted molar refractivity (Wildman–Crippen MR) is 136 cm³/mol. The fraction of sp³-hybridized carbons (Fsp3) is 0.296. The molecule has 1 aliphatic rings. The number of nitrogens with one attached hydrogen (secondary N) is 2. The van der Waals surface area contributed by atoms with E-state index in [1.165, 1.54) is 0 Å². The minimum atomic E-state index is -0.0659. The second kappa shape index (κ2) is 10.9. The molecule has 0 spiro atoms. The van der Waals surface area contributed by atoms with E-state index in [0.29, 0.717) is 24.3 Å². The van der Waals surface area contributed by atoms with E-state index >= 15 is 0 Å². The lowest BCUT2D eigenvalue weighted by atomic mass is 10.0. The van der Waals surface area contributed by atoms with Crippen LogP contribution in [0.15, 0.2) is 66.9 Å². The van der Waals surface area contributed by atoms with Gasteiger partial charge in [0.25, 0.3) is 5.91 Å². The van der Waals surface area contributed by atoms with Gasteiger partial charge in [0.15, 0.2) is 5.82 Å². The predicted octanol–water partition coefficient (Wildman–Crippen LogP) is 3.78. The molecule has 3 aromatic rings. The van der Waals surface area contributed by atoms with Crippen molar-refractivity contribution in [3.8, 4) is 11.1 Å². The number of pyridine rings is 1. The summed E-state index contributed by atoms with van der Waals surface area (Å²) in [6, 6.07) is 19.5. The zero-order valence-electron chi connectivity index (χ0n) is 19.8. The van der Waals surface area contributed by atoms with Crippen molar-refractivity contribution in [3.05, 3.63) is 78.0 Å². The lowest BCUT2D eigenvalue weighted by Gasteiger charge is -2.30. The maximum Gasteiger partial charge on any atom is 0.251 e. The van der Waals surface area contributed by atoms with Crippen LogP contribution in [0.2, 0.25) is 0 Å². The molecule has 34 heavy (non-hydrogen) atoms. The van der Waals surface area contributed by atoms with Gasteiger partial charge in [-0.25, -0.2) is 4.98 Å². The Hall–Kier alpha value is -3.71. The third-order valence-corrected chi connectivity index (χ3v) is 5.79. The van der Waals surface area contributed by atoms with E-state index in [9.17, 15) is 9.59 Å². The number of anilines is 2. The summed E-state index contributed by atoms with van der Waals surface area (Å²) in [6.45, 7) is 2.58. The van der Waals surface area contributed by atoms with E-state index < -0.39 is 0 Å². The van der Waals surface area contributed by atoms with Gasteiger partial charge in [0, 0.05) is 30.4 Å². The second-order valence-corrected chi connectivity index (χ2v) is 8.83. The van der Waals surface area contributed by atoms with Crippen LogP contribution in [0.3, 0.4) is 0 Å². The number of hydrogen-bond acceptors (Lipinski definition) is 5. The van der Waals surface area contributed by atoms with E-state index in [0.717, 1.165) is 41.9 Å². The van der Waals surface area contributed by atoms with Gasteiger partial charge in [-0.1, -0.05) is 42.5 Å². The average molecular weight is 458 g/mol. The molecule has 0 unspecified atom stereocenters. The largest absolute Gasteiger partial charge is 0.352 e. The molecule has 176 valence electrons. The minimum Gasteiger partial charge on any atom is -0.352 e. The summed E-state index contributed by atoms with van der Waals surface area (Å²) in [7, 11) is 4.10. The Morgan fingerprint density at radius 3 is 2.56 bits per heavy atom. The van der Waals surface area contributed by atoms with Gasteiger partial charge in [-0.05, 0) is 62.8 Å². The number of hydrogen-bond donors (Lipinski definition) is 2. The fourth-order valence-corrected chi connectivity index (χ4v) is 4.00. The fourth-order valence-electron chi connectivity index (χ4n) is 4.00. The van der Waals surface area contributed by atoms with Gasteiger partial charge in [-0.2, -0.15) is 0 Å². The monoisotopic (exact) mass is 457 g/mol. The lowest BCUT2D eigenvalue weighted by Crippen LogP contribution is -2.38. The lowest BCUT2D eigenvalue weighted by molar-refractivity contribution is -0.115. The SMILES string of the molecule is CN(C)CCCCNC(=O)c1ccc(-c2cnc3c(c2)NC(=O)CN3Cc2ccccc2)cc1. The molecule has 4 rings (SSSR count). The Labute approximate surface area is 200 Å². The van der Waals surface area contributed by atoms with Gasteiger partial charge in [0.2, 0.25) is 5.91 Å². The minimum absolute atomic E-state index is 0.0556. The molecule has 0 radical (unpaired) electrons. The number of aromatic nitrogens is 1. The number of rotatable bonds is 9. The van der Waals surface area contributed by atoms with E-state index in [-0.39, 0.29) is 18.4 Å². The summed E-state index contributed by atoms with van der Waals surface area (Å²) in [6.07, 6.45) is 3.82. The highest BCUT2D eigenvalue weighted by molar-refractivity contribution is 6.01. The molecule has 2 N–H and O–H groups in total. The first-order valence-corrected chi connectivity index (χ1v) is 11.6. The summed E-state index contributed by atoms with van der Waals surface area (Å²) >= 11 is 0. The molecule has 2 aromatic carbocycles. The van der Waals surface area contributed by atoms with Crippen LogP contribution in [0.1, 0.15) is 28.8 Å². The first-order chi connectivity index (χ1) is 16.5. The summed E-state index contributed by atoms with van der Waals surface area (Å²) in [5.41, 5.74) is 4.28. The number of amides is 2. The molecule has 7 heteroatoms. The Kier molecular flexibility index (Phi) is 7.54. The number of nitrogens with zero attached hydrogens (tertiary/aromatic N) is 3. The van der Waals surface area contributed by atoms with Gasteiger partial charge in [0.1, 0.15) is 0 Å². The molecular weight excluding hydrogens is 426 g/mol. The van der Waals surface area contributed by atoms with E-state index in [1.54, 1.807) is 0 Å². The highest BCUT2D eigenvalue weighted by Crippen LogP contribution is 2.32. The van der Waals surface area contributed by atoms with Crippen molar-refractivity contribution in [2.24, 2.45) is 0 Å². The van der Waals surface area contributed by atoms with Gasteiger partial charge in [-0.15, -0.1) is 0 Å². The summed E-state index contributed by atoms with van der Waals surface area (Å²) < 4.78 is 0. The average Bonchev–Trinajstić information content (AvgIpc) is 2.84. The molecule has 2 heterocycles. The van der Waals surface area contributed by atoms with Crippen molar-refractivity contribution in [3.63, 3.8) is 0 Å². The topological polar surface area (TPSA) is 77.6 Å². The Morgan fingerprint density at radius 1 is 1.06 bits per heavy atom. The first-order valence-electron chi connectivity index (χ1n) is 11.6. The maximum atomic E-state index is 12.4. The summed E-state index contributed by atoms with van der Waals surface area (Å²) in [5.74, 6) is 0.640. The normalized spacial score (nSPS) is 12.9. The quantitative estimate of drug-likeness (QED) is 0.478. The van der Waals surface area contributed by atoms with Gasteiger partial charge in [-0.3, -0.25) is 9.59 Å². The number of carbonyl (C=O) groups excluding carboxylic acids is 2. The Balaban J connectivity index is 1.42. The zero-order valence-corrected chi connectivity index (χ0v) is 19.8. The molecule has 0 fully saturated rings. The van der Waals surface area contributed by atoms with E-state index in [1.807, 2.05) is 85.9 Å². The second-order valence-electron chi connectivity index (χ2n) is 8.83. The molecule has 0 aliphatic carbocycles. The zero-order chi connectivity index (χ0) is 23.9. The standard InChI is InChI=1S/C27H31N5O2/c1-31(2)15-7-6-14-28-27(34)22-12-10-21(11-13-22)23-16-24-26(29-17-23)32(19-25(33)30-24)18-20-8-4-3-5-9-20/h3-5,8-13,16-17H,6-7,14-15,18-19H2,1-2H3,(H,28,34)(H,30,33). The van der Waals surface area contributed by atoms with Crippen LogP contribution in [0, 0.1) is 0 Å². The van der Waals surface area contributed by atoms with Gasteiger partial charge < -0.3 is 20.4 Å². The van der Waals surface area contributed by atoms with Crippen molar-refractivity contribution >= 4 is 23.3 Å². The molecule has 0 bridgehead atoms. The van der Waals surface area contributed by atoms with Crippen LogP contribution in [-0.4, -0.2) is 55.4 Å². The van der Waals surface area contributed by atoms with Gasteiger partial charge >= 0.3 is 0 Å². The number of fused-ring (bicyclic) bond motifs is 1. The maximum absolute atomic E-state index is 12.4. The van der Waals surface area contributed by atoms with Crippen LogP contribution in [0.4, 0.5) is 11.5 Å². The molecule has 0 saturated heterocycles. The molecule has 1 aliphatic heterocycles. The van der Waals surface area contributed by atoms with Crippen molar-refractivity contribution in [2.75, 3.05) is 43.9 Å². The van der Waals surface area contributed by atoms with Crippen molar-refractivity contribution in [1.82, 2.24) is 15.2 Å². The third kappa shape index (κ3) is 5.99. The number of carbonyl (C=O) groups is 2. The van der Waals surface area contributed by atoms with Crippen LogP contribution < -0.4 is 15.5 Å². The van der Waals surface area contributed by atoms with Gasteiger partial charge in [0.05, 0.1) is 12.2 Å². The molecule has 2 amide bonds. The Morgan fingerprint density at radius 2 is 1.82 bits per heavy atom. The smallest absolute Gasteiger partial charge is 0.251 e. The molecule has 0 saturated carbocycles. The van der Waals surface area contributed by atoms with E-state index in [2.05, 4.69) is 20.5 Å². The summed E-state index contributed by atoms with van der Waals surface area (Å²) in [5, 5.41) is 5.93. The molecular formula is C27H31N5O2. The van der Waals surface area contributed by atoms with Crippen LogP contribution in [0.5, 0.6) is 0 Å².